The van der Waals surface area contributed by atoms with Crippen LogP contribution in [-0.4, -0.2) is 28.5 Å². The van der Waals surface area contributed by atoms with Crippen molar-refractivity contribution in [2.45, 2.75) is 33.2 Å². The normalized spacial score (nSPS) is 17.6. The molecule has 0 aliphatic carbocycles. The first kappa shape index (κ1) is 9.59. The van der Waals surface area contributed by atoms with Crippen LogP contribution in [0, 0.1) is 13.8 Å². The Hall–Kier alpha value is -0.960. The van der Waals surface area contributed by atoms with Crippen LogP contribution in [0.15, 0.2) is 0 Å². The Bertz CT molecular complexity index is 347. The molecule has 0 N–H and O–H groups in total. The van der Waals surface area contributed by atoms with Crippen LogP contribution in [0.2, 0.25) is 0 Å². The monoisotopic (exact) mass is 191 g/mol. The molecule has 1 aromatic rings. The maximum Gasteiger partial charge on any atom is 0.125 e. The number of aryl methyl sites for hydroxylation is 3. The molecule has 0 fully saturated rings. The van der Waals surface area contributed by atoms with E-state index in [2.05, 4.69) is 28.8 Å². The van der Waals surface area contributed by atoms with Crippen LogP contribution >= 0.6 is 0 Å². The van der Waals surface area contributed by atoms with E-state index in [1.54, 1.807) is 0 Å². The molecule has 0 radical (unpaired) electrons. The van der Waals surface area contributed by atoms with Gasteiger partial charge in [-0.2, -0.15) is 0 Å². The lowest BCUT2D eigenvalue weighted by Gasteiger charge is -2.14. The second-order valence-corrected chi connectivity index (χ2v) is 4.12. The molecule has 0 atom stereocenters. The van der Waals surface area contributed by atoms with Gasteiger partial charge in [0.25, 0.3) is 0 Å². The molecule has 0 aromatic carbocycles. The maximum absolute atomic E-state index is 4.53. The maximum atomic E-state index is 4.53. The summed E-state index contributed by atoms with van der Waals surface area (Å²) in [5, 5.41) is 0. The number of hydrogen-bond acceptors (Lipinski definition) is 3. The molecule has 0 saturated heterocycles. The van der Waals surface area contributed by atoms with Crippen molar-refractivity contribution in [3.05, 3.63) is 22.8 Å². The smallest absolute Gasteiger partial charge is 0.125 e. The Labute approximate surface area is 85.2 Å². The van der Waals surface area contributed by atoms with Gasteiger partial charge in [0, 0.05) is 23.5 Å². The van der Waals surface area contributed by atoms with E-state index in [4.69, 9.17) is 0 Å². The lowest BCUT2D eigenvalue weighted by molar-refractivity contribution is 0.331. The van der Waals surface area contributed by atoms with E-state index in [1.165, 1.54) is 17.7 Å². The molecular weight excluding hydrogens is 174 g/mol. The minimum Gasteiger partial charge on any atom is -0.302 e. The van der Waals surface area contributed by atoms with Gasteiger partial charge in [-0.25, -0.2) is 9.97 Å². The van der Waals surface area contributed by atoms with Crippen molar-refractivity contribution in [2.75, 3.05) is 13.6 Å². The Morgan fingerprint density at radius 3 is 2.79 bits per heavy atom. The SMILES string of the molecule is Cc1nc(C)c2c(n1)CCCN(C)C2. The van der Waals surface area contributed by atoms with Crippen LogP contribution < -0.4 is 0 Å². The lowest BCUT2D eigenvalue weighted by Crippen LogP contribution is -2.18. The number of rotatable bonds is 0. The summed E-state index contributed by atoms with van der Waals surface area (Å²) >= 11 is 0. The molecule has 1 aliphatic heterocycles. The summed E-state index contributed by atoms with van der Waals surface area (Å²) < 4.78 is 0. The molecule has 1 aromatic heterocycles. The number of fused-ring (bicyclic) bond motifs is 1. The summed E-state index contributed by atoms with van der Waals surface area (Å²) in [5.41, 5.74) is 3.76. The van der Waals surface area contributed by atoms with Crippen molar-refractivity contribution in [1.29, 1.82) is 0 Å². The van der Waals surface area contributed by atoms with Gasteiger partial charge in [0.05, 0.1) is 0 Å². The Morgan fingerprint density at radius 2 is 2.00 bits per heavy atom. The van der Waals surface area contributed by atoms with E-state index in [0.717, 1.165) is 31.0 Å². The van der Waals surface area contributed by atoms with E-state index >= 15 is 0 Å². The van der Waals surface area contributed by atoms with Crippen molar-refractivity contribution in [3.63, 3.8) is 0 Å². The summed E-state index contributed by atoms with van der Waals surface area (Å²) in [7, 11) is 2.16. The second kappa shape index (κ2) is 3.65. The largest absolute Gasteiger partial charge is 0.302 e. The molecule has 0 amide bonds. The van der Waals surface area contributed by atoms with Crippen LogP contribution in [0.3, 0.4) is 0 Å². The van der Waals surface area contributed by atoms with Gasteiger partial charge in [0.15, 0.2) is 0 Å². The van der Waals surface area contributed by atoms with Crippen molar-refractivity contribution in [1.82, 2.24) is 14.9 Å². The highest BCUT2D eigenvalue weighted by molar-refractivity contribution is 5.26. The first-order valence-electron chi connectivity index (χ1n) is 5.18. The minimum absolute atomic E-state index is 0.908. The average molecular weight is 191 g/mol. The zero-order valence-corrected chi connectivity index (χ0v) is 9.17. The third kappa shape index (κ3) is 1.77. The quantitative estimate of drug-likeness (QED) is 0.622. The summed E-state index contributed by atoms with van der Waals surface area (Å²) in [6.45, 7) is 6.23. The van der Waals surface area contributed by atoms with Crippen LogP contribution in [0.25, 0.3) is 0 Å². The molecule has 2 rings (SSSR count). The first-order valence-corrected chi connectivity index (χ1v) is 5.18. The molecule has 0 spiro atoms. The topological polar surface area (TPSA) is 29.0 Å². The zero-order chi connectivity index (χ0) is 10.1. The molecule has 0 unspecified atom stereocenters. The van der Waals surface area contributed by atoms with Gasteiger partial charge in [0.2, 0.25) is 0 Å². The zero-order valence-electron chi connectivity index (χ0n) is 9.17. The standard InChI is InChI=1S/C11H17N3/c1-8-10-7-14(3)6-4-5-11(10)13-9(2)12-8/h4-7H2,1-3H3. The van der Waals surface area contributed by atoms with Crippen molar-refractivity contribution in [3.8, 4) is 0 Å². The van der Waals surface area contributed by atoms with Gasteiger partial charge >= 0.3 is 0 Å². The highest BCUT2D eigenvalue weighted by Gasteiger charge is 2.15. The van der Waals surface area contributed by atoms with E-state index < -0.39 is 0 Å². The first-order chi connectivity index (χ1) is 6.66. The summed E-state index contributed by atoms with van der Waals surface area (Å²) in [5.74, 6) is 0.908. The van der Waals surface area contributed by atoms with Gasteiger partial charge < -0.3 is 4.90 Å². The van der Waals surface area contributed by atoms with Crippen LogP contribution in [0.5, 0.6) is 0 Å². The minimum atomic E-state index is 0.908. The van der Waals surface area contributed by atoms with E-state index in [0.29, 0.717) is 0 Å². The molecule has 0 bridgehead atoms. The van der Waals surface area contributed by atoms with Crippen LogP contribution in [-0.2, 0) is 13.0 Å². The molecule has 0 saturated carbocycles. The van der Waals surface area contributed by atoms with Crippen LogP contribution in [0.1, 0.15) is 29.2 Å². The second-order valence-electron chi connectivity index (χ2n) is 4.12. The Morgan fingerprint density at radius 1 is 1.21 bits per heavy atom. The molecule has 2 heterocycles. The summed E-state index contributed by atoms with van der Waals surface area (Å²) in [6.07, 6.45) is 2.31. The van der Waals surface area contributed by atoms with Gasteiger partial charge in [-0.1, -0.05) is 0 Å². The number of hydrogen-bond donors (Lipinski definition) is 0. The fourth-order valence-corrected chi connectivity index (χ4v) is 2.08. The number of nitrogens with zero attached hydrogens (tertiary/aromatic N) is 3. The Kier molecular flexibility index (Phi) is 2.50. The van der Waals surface area contributed by atoms with Gasteiger partial charge in [0.1, 0.15) is 5.82 Å². The van der Waals surface area contributed by atoms with Gasteiger partial charge in [-0.3, -0.25) is 0 Å². The summed E-state index contributed by atoms with van der Waals surface area (Å²) in [6, 6.07) is 0. The van der Waals surface area contributed by atoms with Gasteiger partial charge in [-0.15, -0.1) is 0 Å². The molecular formula is C11H17N3. The fourth-order valence-electron chi connectivity index (χ4n) is 2.08. The predicted molar refractivity (Wildman–Crippen MR) is 56.2 cm³/mol. The molecule has 76 valence electrons. The highest BCUT2D eigenvalue weighted by atomic mass is 15.1. The van der Waals surface area contributed by atoms with Crippen molar-refractivity contribution < 1.29 is 0 Å². The third-order valence-corrected chi connectivity index (χ3v) is 2.79. The highest BCUT2D eigenvalue weighted by Crippen LogP contribution is 2.18. The number of aromatic nitrogens is 2. The van der Waals surface area contributed by atoms with Crippen molar-refractivity contribution in [2.24, 2.45) is 0 Å². The van der Waals surface area contributed by atoms with E-state index in [1.807, 2.05) is 6.92 Å². The molecule has 14 heavy (non-hydrogen) atoms. The fraction of sp³-hybridized carbons (Fsp3) is 0.636. The summed E-state index contributed by atoms with van der Waals surface area (Å²) in [4.78, 5) is 11.3. The molecule has 1 aliphatic rings. The average Bonchev–Trinajstić information content (AvgIpc) is 2.27. The molecule has 3 nitrogen and oxygen atoms in total. The lowest BCUT2D eigenvalue weighted by atomic mass is 10.1. The van der Waals surface area contributed by atoms with Crippen molar-refractivity contribution >= 4 is 0 Å². The Balaban J connectivity index is 2.45. The predicted octanol–water partition coefficient (Wildman–Crippen LogP) is 1.47. The molecule has 3 heteroatoms. The van der Waals surface area contributed by atoms with E-state index in [9.17, 15) is 0 Å². The van der Waals surface area contributed by atoms with E-state index in [-0.39, 0.29) is 0 Å². The van der Waals surface area contributed by atoms with Crippen LogP contribution in [0.4, 0.5) is 0 Å². The third-order valence-electron chi connectivity index (χ3n) is 2.79. The van der Waals surface area contributed by atoms with Gasteiger partial charge in [-0.05, 0) is 40.3 Å².